The van der Waals surface area contributed by atoms with Crippen LogP contribution in [0.1, 0.15) is 51.3 Å². The first-order chi connectivity index (χ1) is 33.6. The fourth-order valence-corrected chi connectivity index (χ4v) is 10.6. The van der Waals surface area contributed by atoms with Crippen molar-refractivity contribution in [1.82, 2.24) is 5.32 Å². The van der Waals surface area contributed by atoms with E-state index in [0.717, 1.165) is 44.6 Å². The van der Waals surface area contributed by atoms with E-state index in [1.807, 2.05) is 42.6 Å². The zero-order valence-electron chi connectivity index (χ0n) is 37.5. The highest BCUT2D eigenvalue weighted by Gasteiger charge is 2.51. The summed E-state index contributed by atoms with van der Waals surface area (Å²) in [5, 5.41) is 3.59. The van der Waals surface area contributed by atoms with Crippen molar-refractivity contribution >= 4 is 23.3 Å². The Bertz CT molecular complexity index is 3410. The summed E-state index contributed by atoms with van der Waals surface area (Å²) in [6.45, 7) is 0. The third-order valence-corrected chi connectivity index (χ3v) is 13.8. The van der Waals surface area contributed by atoms with Crippen LogP contribution in [0.3, 0.4) is 0 Å². The van der Waals surface area contributed by atoms with Crippen molar-refractivity contribution in [2.75, 3.05) is 4.90 Å². The van der Waals surface area contributed by atoms with Gasteiger partial charge < -0.3 is 10.6 Å². The van der Waals surface area contributed by atoms with Gasteiger partial charge in [-0.1, -0.05) is 212 Å². The molecule has 1 heterocycles. The highest BCUT2D eigenvalue weighted by Crippen LogP contribution is 2.63. The first-order valence-corrected chi connectivity index (χ1v) is 23.4. The molecule has 12 rings (SSSR count). The number of nitrogens with two attached hydrogens (primary N) is 1. The van der Waals surface area contributed by atoms with E-state index in [2.05, 4.69) is 229 Å². The lowest BCUT2D eigenvalue weighted by atomic mass is 9.64. The van der Waals surface area contributed by atoms with Gasteiger partial charge in [-0.3, -0.25) is 10.3 Å². The van der Waals surface area contributed by atoms with Crippen molar-refractivity contribution in [2.24, 2.45) is 10.7 Å². The molecule has 4 heteroatoms. The summed E-state index contributed by atoms with van der Waals surface area (Å²) >= 11 is 0. The maximum Gasteiger partial charge on any atom is 0.127 e. The van der Waals surface area contributed by atoms with Gasteiger partial charge in [0, 0.05) is 11.9 Å². The Kier molecular flexibility index (Phi) is 10.5. The number of nitrogens with one attached hydrogen (secondary N) is 1. The van der Waals surface area contributed by atoms with Crippen LogP contribution in [0.5, 0.6) is 0 Å². The molecule has 0 fully saturated rings. The Labute approximate surface area is 398 Å². The van der Waals surface area contributed by atoms with Crippen LogP contribution in [0.15, 0.2) is 260 Å². The minimum atomic E-state index is -0.520. The van der Waals surface area contributed by atoms with E-state index >= 15 is 0 Å². The lowest BCUT2D eigenvalue weighted by molar-refractivity contribution is 0.467. The quantitative estimate of drug-likeness (QED) is 0.106. The molecular weight excluding hydrogens is 825 g/mol. The molecule has 68 heavy (non-hydrogen) atoms. The van der Waals surface area contributed by atoms with Gasteiger partial charge in [0.05, 0.1) is 23.0 Å². The number of fused-ring (bicyclic) bond motifs is 9. The van der Waals surface area contributed by atoms with Gasteiger partial charge in [-0.25, -0.2) is 0 Å². The summed E-state index contributed by atoms with van der Waals surface area (Å²) < 4.78 is 0. The minimum Gasteiger partial charge on any atom is -0.312 e. The number of para-hydroxylation sites is 3. The summed E-state index contributed by atoms with van der Waals surface area (Å²) in [6.07, 6.45) is 1.18. The zero-order valence-corrected chi connectivity index (χ0v) is 37.5. The van der Waals surface area contributed by atoms with Crippen molar-refractivity contribution in [2.45, 2.75) is 17.7 Å². The molecule has 4 nitrogen and oxygen atoms in total. The Morgan fingerprint density at radius 1 is 0.397 bits per heavy atom. The van der Waals surface area contributed by atoms with Crippen molar-refractivity contribution in [1.29, 1.82) is 0 Å². The number of anilines is 3. The highest BCUT2D eigenvalue weighted by molar-refractivity contribution is 5.96. The average Bonchev–Trinajstić information content (AvgIpc) is 3.70. The predicted octanol–water partition coefficient (Wildman–Crippen LogP) is 15.2. The maximum atomic E-state index is 6.76. The molecule has 10 aromatic carbocycles. The van der Waals surface area contributed by atoms with Crippen LogP contribution in [0.2, 0.25) is 0 Å². The van der Waals surface area contributed by atoms with E-state index in [1.165, 1.54) is 55.9 Å². The van der Waals surface area contributed by atoms with Gasteiger partial charge in [-0.05, 0) is 126 Å². The van der Waals surface area contributed by atoms with Gasteiger partial charge in [0.2, 0.25) is 0 Å². The Morgan fingerprint density at radius 3 is 1.59 bits per heavy atom. The molecule has 1 aliphatic carbocycles. The van der Waals surface area contributed by atoms with E-state index in [1.54, 1.807) is 0 Å². The summed E-state index contributed by atoms with van der Waals surface area (Å²) in [6, 6.07) is 91.6. The molecule has 2 atom stereocenters. The minimum absolute atomic E-state index is 0.374. The summed E-state index contributed by atoms with van der Waals surface area (Å²) in [5.74, 6) is 0. The van der Waals surface area contributed by atoms with E-state index < -0.39 is 11.6 Å². The van der Waals surface area contributed by atoms with Gasteiger partial charge in [0.25, 0.3) is 0 Å². The van der Waals surface area contributed by atoms with Crippen LogP contribution in [0.25, 0.3) is 44.5 Å². The molecule has 3 N–H and O–H groups in total. The monoisotopic (exact) mass is 872 g/mol. The van der Waals surface area contributed by atoms with Crippen molar-refractivity contribution in [3.8, 4) is 44.5 Å². The first kappa shape index (κ1) is 41.1. The lowest BCUT2D eigenvalue weighted by Gasteiger charge is -2.45. The molecule has 0 saturated heterocycles. The van der Waals surface area contributed by atoms with Crippen molar-refractivity contribution in [3.63, 3.8) is 0 Å². The smallest absolute Gasteiger partial charge is 0.127 e. The molecule has 2 unspecified atom stereocenters. The van der Waals surface area contributed by atoms with Crippen molar-refractivity contribution in [3.05, 3.63) is 294 Å². The van der Waals surface area contributed by atoms with E-state index in [0.29, 0.717) is 0 Å². The summed E-state index contributed by atoms with van der Waals surface area (Å²) in [4.78, 5) is 7.59. The third-order valence-electron chi connectivity index (χ3n) is 13.8. The van der Waals surface area contributed by atoms with Gasteiger partial charge in [0.1, 0.15) is 6.17 Å². The van der Waals surface area contributed by atoms with Crippen LogP contribution >= 0.6 is 0 Å². The number of nitrogens with zero attached hydrogens (tertiary/aromatic N) is 2. The Morgan fingerprint density at radius 2 is 0.897 bits per heavy atom. The highest BCUT2D eigenvalue weighted by atomic mass is 15.2. The number of hydrogen-bond donors (Lipinski definition) is 2. The zero-order chi connectivity index (χ0) is 45.4. The lowest BCUT2D eigenvalue weighted by Crippen LogP contribution is -2.36. The molecular formula is C64H48N4. The van der Waals surface area contributed by atoms with Crippen LogP contribution < -0.4 is 16.0 Å². The fourth-order valence-electron chi connectivity index (χ4n) is 10.6. The van der Waals surface area contributed by atoms with Crippen LogP contribution in [-0.2, 0) is 5.41 Å². The third kappa shape index (κ3) is 7.15. The standard InChI is InChI=1S/C64H48N4/c65-62(47-21-6-2-7-22-47)67-63(48-36-34-46(35-37-48)45-19-4-1-5-20-45)66-43-44-18-16-23-49(40-44)50-24-17-25-51(41-50)52-38-39-55-54-28-10-11-29-56(54)64(59(55)42-52)57-30-12-14-32-60(57)68(53-26-8-3-9-27-53)61-33-15-13-31-58(61)64/h1-43,62-63,67H,65H2/b66-43+. The van der Waals surface area contributed by atoms with Crippen molar-refractivity contribution < 1.29 is 0 Å². The molecule has 0 radical (unpaired) electrons. The second-order valence-corrected chi connectivity index (χ2v) is 17.7. The second kappa shape index (κ2) is 17.4. The molecule has 2 aliphatic rings. The molecule has 1 aliphatic heterocycles. The molecule has 0 bridgehead atoms. The summed E-state index contributed by atoms with van der Waals surface area (Å²) in [5.41, 5.74) is 27.5. The fraction of sp³-hybridized carbons (Fsp3) is 0.0469. The number of rotatable bonds is 10. The SMILES string of the molecule is NC(NC(/N=C/c1cccc(-c2cccc(-c3ccc4c(c3)C3(c5ccccc5-4)c4ccccc4N(c4ccccc4)c4ccccc43)c2)c1)c1ccc(-c2ccccc2)cc1)c1ccccc1. The van der Waals surface area contributed by atoms with Crippen LogP contribution in [0.4, 0.5) is 17.1 Å². The maximum absolute atomic E-state index is 6.76. The first-order valence-electron chi connectivity index (χ1n) is 23.4. The molecule has 10 aromatic rings. The average molecular weight is 873 g/mol. The van der Waals surface area contributed by atoms with Crippen LogP contribution in [0, 0.1) is 0 Å². The van der Waals surface area contributed by atoms with Gasteiger partial charge in [-0.15, -0.1) is 0 Å². The number of aliphatic imine (C=N–C) groups is 1. The largest absolute Gasteiger partial charge is 0.312 e. The number of benzene rings is 10. The molecule has 324 valence electrons. The van der Waals surface area contributed by atoms with Crippen LogP contribution in [-0.4, -0.2) is 6.21 Å². The van der Waals surface area contributed by atoms with Gasteiger partial charge >= 0.3 is 0 Å². The molecule has 0 saturated carbocycles. The molecule has 0 amide bonds. The van der Waals surface area contributed by atoms with E-state index in [9.17, 15) is 0 Å². The summed E-state index contributed by atoms with van der Waals surface area (Å²) in [7, 11) is 0. The predicted molar refractivity (Wildman–Crippen MR) is 282 cm³/mol. The molecule has 1 spiro atoms. The van der Waals surface area contributed by atoms with E-state index in [4.69, 9.17) is 10.7 Å². The Balaban J connectivity index is 0.904. The number of hydrogen-bond acceptors (Lipinski definition) is 4. The normalized spacial score (nSPS) is 13.9. The Hall–Kier alpha value is -8.41. The molecule has 0 aromatic heterocycles. The van der Waals surface area contributed by atoms with E-state index in [-0.39, 0.29) is 6.17 Å². The van der Waals surface area contributed by atoms with Gasteiger partial charge in [0.15, 0.2) is 0 Å². The topological polar surface area (TPSA) is 53.6 Å². The van der Waals surface area contributed by atoms with Gasteiger partial charge in [-0.2, -0.15) is 0 Å². The second-order valence-electron chi connectivity index (χ2n) is 17.7.